The van der Waals surface area contributed by atoms with Gasteiger partial charge in [0.25, 0.3) is 0 Å². The van der Waals surface area contributed by atoms with Crippen LogP contribution in [0, 0.1) is 6.61 Å². The zero-order valence-electron chi connectivity index (χ0n) is 2.46. The minimum atomic E-state index is -1.94. The van der Waals surface area contributed by atoms with Crippen molar-refractivity contribution in [2.75, 3.05) is 0 Å². The summed E-state index contributed by atoms with van der Waals surface area (Å²) < 4.78 is 0. The Hall–Kier alpha value is -0.120. The lowest BCUT2D eigenvalue weighted by Gasteiger charge is -1.84. The second-order valence-corrected chi connectivity index (χ2v) is 0.540. The Bertz CT molecular complexity index is 18.9. The Labute approximate surface area is 29.5 Å². The Morgan fingerprint density at radius 3 is 2.00 bits per heavy atom. The fraction of sp³-hybridized carbons (Fsp3) is 0.500. The molecule has 0 spiro atoms. The Morgan fingerprint density at radius 2 is 2.00 bits per heavy atom. The molecule has 0 amide bonds. The molecule has 0 aliphatic carbocycles. The molecule has 0 fully saturated rings. The van der Waals surface area contributed by atoms with Crippen LogP contribution in [-0.2, 0) is 5.11 Å². The van der Waals surface area contributed by atoms with Crippen LogP contribution in [-0.4, -0.2) is 16.5 Å². The van der Waals surface area contributed by atoms with Crippen LogP contribution in [0.15, 0.2) is 0 Å². The summed E-state index contributed by atoms with van der Waals surface area (Å²) in [6.07, 6.45) is -1.94. The maximum Gasteiger partial charge on any atom is 0.217 e. The molecule has 0 rings (SSSR count). The molecule has 1 atom stereocenters. The Morgan fingerprint density at radius 1 is 1.80 bits per heavy atom. The standard InChI is InChI=1S/C2H4O3/c3-1-2(4)5/h1-4H. The van der Waals surface area contributed by atoms with E-state index in [0.29, 0.717) is 0 Å². The molecule has 0 aliphatic heterocycles. The molecule has 0 aromatic heterocycles. The number of hydrogen-bond acceptors (Lipinski definition) is 2. The number of aliphatic hydroxyl groups excluding tert-OH is 2. The van der Waals surface area contributed by atoms with Crippen LogP contribution >= 0.6 is 0 Å². The molecule has 2 radical (unpaired) electrons. The summed E-state index contributed by atoms with van der Waals surface area (Å²) in [6, 6.07) is 0. The van der Waals surface area contributed by atoms with Crippen LogP contribution in [0.5, 0.6) is 0 Å². The third-order valence-electron chi connectivity index (χ3n) is 0.128. The topological polar surface area (TPSA) is 60.4 Å². The first-order valence-corrected chi connectivity index (χ1v) is 1.09. The van der Waals surface area contributed by atoms with Crippen molar-refractivity contribution < 1.29 is 15.3 Å². The zero-order chi connectivity index (χ0) is 4.28. The second kappa shape index (κ2) is 2.14. The van der Waals surface area contributed by atoms with Crippen molar-refractivity contribution >= 4 is 0 Å². The molecule has 3 nitrogen and oxygen atoms in total. The van der Waals surface area contributed by atoms with E-state index in [0.717, 1.165) is 0 Å². The molecule has 0 heterocycles. The predicted octanol–water partition coefficient (Wildman–Crippen LogP) is -0.730. The van der Waals surface area contributed by atoms with Gasteiger partial charge in [-0.05, 0) is 0 Å². The van der Waals surface area contributed by atoms with Crippen LogP contribution in [0.2, 0.25) is 0 Å². The van der Waals surface area contributed by atoms with E-state index < -0.39 is 6.29 Å². The van der Waals surface area contributed by atoms with Crippen molar-refractivity contribution in [3.05, 3.63) is 6.61 Å². The maximum atomic E-state index is 9.15. The van der Waals surface area contributed by atoms with Gasteiger partial charge < -0.3 is 10.2 Å². The van der Waals surface area contributed by atoms with Crippen LogP contribution < -0.4 is 0 Å². The van der Waals surface area contributed by atoms with Gasteiger partial charge >= 0.3 is 0 Å². The molecule has 0 aliphatic rings. The highest BCUT2D eigenvalue weighted by atomic mass is 16.5. The predicted molar refractivity (Wildman–Crippen MR) is 12.9 cm³/mol. The lowest BCUT2D eigenvalue weighted by molar-refractivity contribution is -0.0910. The molecular formula is C2H4O3. The average Bonchev–Trinajstić information content (AvgIpc) is 1.38. The zero-order valence-corrected chi connectivity index (χ0v) is 2.46. The monoisotopic (exact) mass is 76.0 g/mol. The first-order chi connectivity index (χ1) is 2.27. The average molecular weight is 76.1 g/mol. The van der Waals surface area contributed by atoms with Gasteiger partial charge in [0.15, 0.2) is 0 Å². The molecule has 0 bridgehead atoms. The molecule has 0 aromatic rings. The highest BCUT2D eigenvalue weighted by Gasteiger charge is 1.90. The van der Waals surface area contributed by atoms with E-state index >= 15 is 0 Å². The third kappa shape index (κ3) is 3.88. The summed E-state index contributed by atoms with van der Waals surface area (Å²) in [6.45, 7) is 0.167. The van der Waals surface area contributed by atoms with Gasteiger partial charge in [0.2, 0.25) is 6.29 Å². The van der Waals surface area contributed by atoms with Crippen molar-refractivity contribution in [2.24, 2.45) is 0 Å². The lowest BCUT2D eigenvalue weighted by Crippen LogP contribution is -1.99. The highest BCUT2D eigenvalue weighted by molar-refractivity contribution is 4.41. The van der Waals surface area contributed by atoms with E-state index in [9.17, 15) is 0 Å². The van der Waals surface area contributed by atoms with E-state index in [2.05, 4.69) is 0 Å². The fourth-order valence-corrected chi connectivity index (χ4v) is 0. The van der Waals surface area contributed by atoms with E-state index in [-0.39, 0.29) is 6.61 Å². The fourth-order valence-electron chi connectivity index (χ4n) is 0. The number of aliphatic hydroxyl groups is 2. The van der Waals surface area contributed by atoms with Gasteiger partial charge in [-0.2, -0.15) is 5.11 Å². The molecule has 2 N–H and O–H groups in total. The molecular weight excluding hydrogens is 72.0 g/mol. The molecule has 30 valence electrons. The molecule has 5 heavy (non-hydrogen) atoms. The summed E-state index contributed by atoms with van der Waals surface area (Å²) in [7, 11) is 0. The SMILES string of the molecule is [O]C(O)[CH]O. The van der Waals surface area contributed by atoms with Crippen LogP contribution in [0.1, 0.15) is 0 Å². The van der Waals surface area contributed by atoms with Gasteiger partial charge in [-0.1, -0.05) is 0 Å². The van der Waals surface area contributed by atoms with Crippen molar-refractivity contribution in [1.82, 2.24) is 0 Å². The quantitative estimate of drug-likeness (QED) is 0.404. The second-order valence-electron chi connectivity index (χ2n) is 0.540. The summed E-state index contributed by atoms with van der Waals surface area (Å²) in [5.74, 6) is 0. The van der Waals surface area contributed by atoms with Gasteiger partial charge in [0.05, 0.1) is 0 Å². The third-order valence-corrected chi connectivity index (χ3v) is 0.128. The summed E-state index contributed by atoms with van der Waals surface area (Å²) >= 11 is 0. The molecule has 3 heteroatoms. The molecule has 0 aromatic carbocycles. The Kier molecular flexibility index (Phi) is 2.09. The highest BCUT2D eigenvalue weighted by Crippen LogP contribution is 1.72. The summed E-state index contributed by atoms with van der Waals surface area (Å²) in [4.78, 5) is 0. The molecule has 1 unspecified atom stereocenters. The summed E-state index contributed by atoms with van der Waals surface area (Å²) in [5.41, 5.74) is 0. The Balaban J connectivity index is 2.54. The van der Waals surface area contributed by atoms with Gasteiger partial charge in [-0.15, -0.1) is 0 Å². The van der Waals surface area contributed by atoms with E-state index in [1.807, 2.05) is 0 Å². The van der Waals surface area contributed by atoms with Crippen molar-refractivity contribution in [3.8, 4) is 0 Å². The van der Waals surface area contributed by atoms with Crippen molar-refractivity contribution in [1.29, 1.82) is 0 Å². The van der Waals surface area contributed by atoms with Crippen LogP contribution in [0.25, 0.3) is 0 Å². The maximum absolute atomic E-state index is 9.15. The van der Waals surface area contributed by atoms with E-state index in [1.165, 1.54) is 0 Å². The molecule has 0 saturated heterocycles. The minimum Gasteiger partial charge on any atom is -0.385 e. The smallest absolute Gasteiger partial charge is 0.217 e. The van der Waals surface area contributed by atoms with Gasteiger partial charge in [-0.25, -0.2) is 0 Å². The first-order valence-electron chi connectivity index (χ1n) is 1.09. The van der Waals surface area contributed by atoms with Crippen LogP contribution in [0.3, 0.4) is 0 Å². The van der Waals surface area contributed by atoms with Gasteiger partial charge in [0, 0.05) is 0 Å². The first kappa shape index (κ1) is 4.88. The van der Waals surface area contributed by atoms with Crippen molar-refractivity contribution in [2.45, 2.75) is 6.29 Å². The van der Waals surface area contributed by atoms with Gasteiger partial charge in [-0.3, -0.25) is 0 Å². The normalized spacial score (nSPS) is 9.60. The van der Waals surface area contributed by atoms with Crippen LogP contribution in [0.4, 0.5) is 0 Å². The van der Waals surface area contributed by atoms with Gasteiger partial charge in [0.1, 0.15) is 6.61 Å². The molecule has 0 saturated carbocycles. The lowest BCUT2D eigenvalue weighted by atomic mass is 10.7. The van der Waals surface area contributed by atoms with E-state index in [1.54, 1.807) is 0 Å². The number of hydrogen-bond donors (Lipinski definition) is 2. The largest absolute Gasteiger partial charge is 0.385 e. The summed E-state index contributed by atoms with van der Waals surface area (Å²) in [5, 5.41) is 24.1. The number of rotatable bonds is 1. The minimum absolute atomic E-state index is 0.167. The van der Waals surface area contributed by atoms with E-state index in [4.69, 9.17) is 15.3 Å². The van der Waals surface area contributed by atoms with Crippen molar-refractivity contribution in [3.63, 3.8) is 0 Å².